The van der Waals surface area contributed by atoms with Crippen molar-refractivity contribution < 1.29 is 14.4 Å². The highest BCUT2D eigenvalue weighted by Gasteiger charge is 2.51. The fraction of sp³-hybridized carbons (Fsp3) is 0.368. The molecule has 0 aliphatic carbocycles. The quantitative estimate of drug-likeness (QED) is 0.733. The Morgan fingerprint density at radius 3 is 2.50 bits per heavy atom. The smallest absolute Gasteiger partial charge is 0.399 e. The van der Waals surface area contributed by atoms with Gasteiger partial charge in [0.25, 0.3) is 0 Å². The lowest BCUT2D eigenvalue weighted by atomic mass is 9.79. The average molecular weight is 351 g/mol. The molecule has 2 aromatic heterocycles. The maximum absolute atomic E-state index is 9.33. The Balaban J connectivity index is 1.76. The maximum Gasteiger partial charge on any atom is 0.494 e. The van der Waals surface area contributed by atoms with Crippen LogP contribution in [0.25, 0.3) is 16.7 Å². The fourth-order valence-corrected chi connectivity index (χ4v) is 3.02. The molecule has 0 radical (unpaired) electrons. The van der Waals surface area contributed by atoms with Gasteiger partial charge in [0.2, 0.25) is 0 Å². The van der Waals surface area contributed by atoms with Gasteiger partial charge in [-0.05, 0) is 51.4 Å². The summed E-state index contributed by atoms with van der Waals surface area (Å²) < 4.78 is 14.1. The lowest BCUT2D eigenvalue weighted by Gasteiger charge is -2.32. The Hall–Kier alpha value is -2.22. The van der Waals surface area contributed by atoms with Crippen LogP contribution in [0.15, 0.2) is 42.6 Å². The van der Waals surface area contributed by atoms with E-state index in [1.54, 1.807) is 16.9 Å². The molecule has 1 N–H and O–H groups in total. The summed E-state index contributed by atoms with van der Waals surface area (Å²) in [5.41, 5.74) is 1.69. The largest absolute Gasteiger partial charge is 0.494 e. The minimum Gasteiger partial charge on any atom is -0.399 e. The monoisotopic (exact) mass is 351 g/mol. The Morgan fingerprint density at radius 1 is 1.08 bits per heavy atom. The SMILES string of the molecule is CC1(C)OB(c2ccc3cnn(-c4cccc(CO)n4)c3c2)OC1(C)C. The lowest BCUT2D eigenvalue weighted by molar-refractivity contribution is 0.00578. The third-order valence-corrected chi connectivity index (χ3v) is 5.29. The van der Waals surface area contributed by atoms with Crippen molar-refractivity contribution in [1.82, 2.24) is 14.8 Å². The molecule has 1 saturated heterocycles. The van der Waals surface area contributed by atoms with Crippen molar-refractivity contribution in [3.8, 4) is 5.82 Å². The molecule has 1 aromatic carbocycles. The molecule has 1 fully saturated rings. The summed E-state index contributed by atoms with van der Waals surface area (Å²) in [6.45, 7) is 8.06. The van der Waals surface area contributed by atoms with Crippen LogP contribution in [0.1, 0.15) is 33.4 Å². The van der Waals surface area contributed by atoms with E-state index in [2.05, 4.69) is 10.1 Å². The van der Waals surface area contributed by atoms with Crippen molar-refractivity contribution in [2.75, 3.05) is 0 Å². The van der Waals surface area contributed by atoms with Crippen molar-refractivity contribution in [3.05, 3.63) is 48.3 Å². The Kier molecular flexibility index (Phi) is 3.91. The second-order valence-corrected chi connectivity index (χ2v) is 7.61. The summed E-state index contributed by atoms with van der Waals surface area (Å²) in [6, 6.07) is 11.6. The summed E-state index contributed by atoms with van der Waals surface area (Å²) >= 11 is 0. The van der Waals surface area contributed by atoms with E-state index >= 15 is 0 Å². The molecule has 0 bridgehead atoms. The van der Waals surface area contributed by atoms with E-state index in [0.29, 0.717) is 11.5 Å². The predicted molar refractivity (Wildman–Crippen MR) is 101 cm³/mol. The van der Waals surface area contributed by atoms with Crippen molar-refractivity contribution in [1.29, 1.82) is 0 Å². The third-order valence-electron chi connectivity index (χ3n) is 5.29. The van der Waals surface area contributed by atoms with Gasteiger partial charge < -0.3 is 14.4 Å². The molecule has 4 rings (SSSR count). The molecule has 0 saturated carbocycles. The second kappa shape index (κ2) is 5.91. The van der Waals surface area contributed by atoms with E-state index in [1.165, 1.54) is 0 Å². The van der Waals surface area contributed by atoms with Crippen molar-refractivity contribution in [2.24, 2.45) is 0 Å². The maximum atomic E-state index is 9.33. The zero-order valence-electron chi connectivity index (χ0n) is 15.4. The molecule has 0 amide bonds. The average Bonchev–Trinajstić information content (AvgIpc) is 3.12. The van der Waals surface area contributed by atoms with Gasteiger partial charge in [-0.25, -0.2) is 9.67 Å². The first-order valence-electron chi connectivity index (χ1n) is 8.71. The first-order chi connectivity index (χ1) is 12.3. The van der Waals surface area contributed by atoms with Gasteiger partial charge in [0.05, 0.1) is 35.2 Å². The Bertz CT molecular complexity index is 952. The zero-order chi connectivity index (χ0) is 18.5. The number of benzene rings is 1. The van der Waals surface area contributed by atoms with E-state index in [1.807, 2.05) is 58.0 Å². The van der Waals surface area contributed by atoms with Crippen molar-refractivity contribution in [2.45, 2.75) is 45.5 Å². The van der Waals surface area contributed by atoms with Gasteiger partial charge in [0.15, 0.2) is 5.82 Å². The highest BCUT2D eigenvalue weighted by Crippen LogP contribution is 2.36. The molecule has 7 heteroatoms. The summed E-state index contributed by atoms with van der Waals surface area (Å²) in [5, 5.41) is 14.8. The van der Waals surface area contributed by atoms with E-state index in [-0.39, 0.29) is 17.8 Å². The summed E-state index contributed by atoms with van der Waals surface area (Å²) in [6.07, 6.45) is 1.80. The van der Waals surface area contributed by atoms with Crippen molar-refractivity contribution >= 4 is 23.5 Å². The van der Waals surface area contributed by atoms with E-state index in [9.17, 15) is 5.11 Å². The third kappa shape index (κ3) is 2.72. The van der Waals surface area contributed by atoms with Gasteiger partial charge in [-0.15, -0.1) is 0 Å². The minimum atomic E-state index is -0.426. The van der Waals surface area contributed by atoms with Crippen LogP contribution in [0.5, 0.6) is 0 Å². The highest BCUT2D eigenvalue weighted by atomic mass is 16.7. The molecule has 1 aliphatic heterocycles. The number of hydrogen-bond acceptors (Lipinski definition) is 5. The number of aliphatic hydroxyl groups is 1. The molecular formula is C19H22BN3O3. The van der Waals surface area contributed by atoms with E-state index in [4.69, 9.17) is 9.31 Å². The first-order valence-corrected chi connectivity index (χ1v) is 8.71. The van der Waals surface area contributed by atoms with E-state index in [0.717, 1.165) is 16.4 Å². The van der Waals surface area contributed by atoms with Gasteiger partial charge in [-0.2, -0.15) is 5.10 Å². The molecule has 134 valence electrons. The summed E-state index contributed by atoms with van der Waals surface area (Å²) in [5.74, 6) is 0.664. The molecule has 3 aromatic rings. The molecule has 0 atom stereocenters. The van der Waals surface area contributed by atoms with Crippen LogP contribution in [-0.4, -0.2) is 38.2 Å². The van der Waals surface area contributed by atoms with Crippen LogP contribution < -0.4 is 5.46 Å². The second-order valence-electron chi connectivity index (χ2n) is 7.61. The van der Waals surface area contributed by atoms with Crippen LogP contribution in [0.3, 0.4) is 0 Å². The Labute approximate surface area is 152 Å². The summed E-state index contributed by atoms with van der Waals surface area (Å²) in [4.78, 5) is 4.45. The number of pyridine rings is 1. The lowest BCUT2D eigenvalue weighted by Crippen LogP contribution is -2.41. The standard InChI is InChI=1S/C19H22BN3O3/c1-18(2)19(3,4)26-20(25-18)14-9-8-13-11-21-23(16(13)10-14)17-7-5-6-15(12-24)22-17/h5-11,24H,12H2,1-4H3. The van der Waals surface area contributed by atoms with Crippen LogP contribution in [-0.2, 0) is 15.9 Å². The topological polar surface area (TPSA) is 69.4 Å². The van der Waals surface area contributed by atoms with Gasteiger partial charge >= 0.3 is 7.12 Å². The van der Waals surface area contributed by atoms with Crippen LogP contribution in [0.2, 0.25) is 0 Å². The molecule has 6 nitrogen and oxygen atoms in total. The molecule has 3 heterocycles. The number of hydrogen-bond donors (Lipinski definition) is 1. The van der Waals surface area contributed by atoms with Gasteiger partial charge in [0, 0.05) is 5.39 Å². The predicted octanol–water partition coefficient (Wildman–Crippen LogP) is 2.21. The first kappa shape index (κ1) is 17.2. The minimum absolute atomic E-state index is 0.105. The van der Waals surface area contributed by atoms with E-state index < -0.39 is 7.12 Å². The summed E-state index contributed by atoms with van der Waals surface area (Å²) in [7, 11) is -0.426. The number of aliphatic hydroxyl groups excluding tert-OH is 1. The normalized spacial score (nSPS) is 18.6. The van der Waals surface area contributed by atoms with Gasteiger partial charge in [-0.3, -0.25) is 0 Å². The van der Waals surface area contributed by atoms with Crippen LogP contribution in [0, 0.1) is 0 Å². The molecular weight excluding hydrogens is 329 g/mol. The Morgan fingerprint density at radius 2 is 1.81 bits per heavy atom. The number of nitrogens with zero attached hydrogens (tertiary/aromatic N) is 3. The molecule has 0 unspecified atom stereocenters. The van der Waals surface area contributed by atoms with Gasteiger partial charge in [-0.1, -0.05) is 18.2 Å². The highest BCUT2D eigenvalue weighted by molar-refractivity contribution is 6.62. The zero-order valence-corrected chi connectivity index (χ0v) is 15.4. The van der Waals surface area contributed by atoms with Crippen LogP contribution >= 0.6 is 0 Å². The molecule has 0 spiro atoms. The fourth-order valence-electron chi connectivity index (χ4n) is 3.02. The molecule has 26 heavy (non-hydrogen) atoms. The number of aromatic nitrogens is 3. The van der Waals surface area contributed by atoms with Crippen molar-refractivity contribution in [3.63, 3.8) is 0 Å². The van der Waals surface area contributed by atoms with Crippen LogP contribution in [0.4, 0.5) is 0 Å². The van der Waals surface area contributed by atoms with Gasteiger partial charge in [0.1, 0.15) is 0 Å². The molecule has 1 aliphatic rings. The number of rotatable bonds is 3. The number of fused-ring (bicyclic) bond motifs is 1.